The summed E-state index contributed by atoms with van der Waals surface area (Å²) >= 11 is 0. The first-order valence-electron chi connectivity index (χ1n) is 23.9. The number of piperidine rings is 1. The van der Waals surface area contributed by atoms with Crippen LogP contribution in [-0.2, 0) is 47.7 Å². The zero-order valence-electron chi connectivity index (χ0n) is 40.6. The Kier molecular flexibility index (Phi) is 21.0. The van der Waals surface area contributed by atoms with E-state index in [0.29, 0.717) is 63.4 Å². The average Bonchev–Trinajstić information content (AvgIpc) is 3.28. The number of aliphatic hydroxyl groups is 3. The molecule has 366 valence electrons. The number of allylic oxidation sites excluding steroid dienone is 6. The number of esters is 1. The highest BCUT2D eigenvalue weighted by atomic mass is 16.6. The third-order valence-electron chi connectivity index (χ3n) is 14.5. The van der Waals surface area contributed by atoms with Crippen LogP contribution in [0.2, 0.25) is 0 Å². The smallest absolute Gasteiger partial charge is 0.329 e. The number of Topliss-reactive ketones (excluding diaryl/α,β-unsaturated/α-hetero) is 3. The fourth-order valence-corrected chi connectivity index (χ4v) is 10.1. The summed E-state index contributed by atoms with van der Waals surface area (Å²) in [5.41, 5.74) is 1.27. The molecule has 4 rings (SSSR count). The maximum atomic E-state index is 14.4. The molecule has 0 aromatic heterocycles. The van der Waals surface area contributed by atoms with Crippen molar-refractivity contribution in [1.82, 2.24) is 4.90 Å². The van der Waals surface area contributed by atoms with Gasteiger partial charge in [0.2, 0.25) is 5.79 Å². The fraction of sp³-hybridized carbons (Fsp3) is 0.745. The molecule has 3 heterocycles. The quantitative estimate of drug-likeness (QED) is 0.156. The van der Waals surface area contributed by atoms with Crippen molar-refractivity contribution in [1.29, 1.82) is 0 Å². The Bertz CT molecular complexity index is 1760. The minimum absolute atomic E-state index is 0.0193. The van der Waals surface area contributed by atoms with E-state index in [1.165, 1.54) is 12.0 Å². The molecule has 0 radical (unpaired) electrons. The number of ketones is 3. The summed E-state index contributed by atoms with van der Waals surface area (Å²) in [6.07, 6.45) is 11.2. The second kappa shape index (κ2) is 25.1. The van der Waals surface area contributed by atoms with E-state index in [1.54, 1.807) is 41.1 Å². The molecule has 0 aromatic rings. The van der Waals surface area contributed by atoms with Crippen molar-refractivity contribution in [2.45, 2.75) is 180 Å². The Balaban J connectivity index is 1.70. The van der Waals surface area contributed by atoms with Gasteiger partial charge in [-0.05, 0) is 107 Å². The van der Waals surface area contributed by atoms with E-state index in [-0.39, 0.29) is 54.8 Å². The average molecular weight is 914 g/mol. The summed E-state index contributed by atoms with van der Waals surface area (Å²) in [5, 5.41) is 33.8. The lowest BCUT2D eigenvalue weighted by atomic mass is 9.78. The Hall–Kier alpha value is -3.37. The van der Waals surface area contributed by atoms with Gasteiger partial charge in [-0.15, -0.1) is 0 Å². The molecule has 3 N–H and O–H groups in total. The standard InChI is InChI=1S/C51H79NO13/c1-30-16-12-11-13-17-31(2)42(61-8)28-38-21-19-36(7)51(60,65-38)48(57)49(58)52-23-15-14-18-39(52)50(59)64-43(33(4)26-37-20-22-40(53)44(27-37)62-9)29-41(54)32(3)25-35(6)46(56)47(63-10)45(55)34(5)24-30/h11-13,16-17,25,30,32-34,36-40,42-44,46-47,53,56,60H,14-15,18-24,26-29H2,1-10H3/b13-11+,16-12+,31-17-,35-25-/t30-,32-,33-,34-,36-,37+,38-,39+,40-,42+,43+,44+,46-,47+,51+/m1/s1. The molecule has 1 saturated carbocycles. The van der Waals surface area contributed by atoms with Gasteiger partial charge in [-0.2, -0.15) is 0 Å². The SMILES string of the molecule is CO[C@H]1C[C@H]2CC[C@@H](C)[C@](O)(O2)C(=O)C(=O)N2CCCC[C@H]2C(=O)O[C@H]([C@H](C)C[C@@H]2CC[C@@H](O)[C@@H](OC)C2)CC(=O)[C@H](C)/C=C(/C)[C@@H](O)[C@@H](OC)C(=O)[C@H](C)C[C@H](C)/C=C/C=C/C=C\1C. The van der Waals surface area contributed by atoms with E-state index < -0.39 is 83.9 Å². The van der Waals surface area contributed by atoms with Gasteiger partial charge in [0.15, 0.2) is 5.78 Å². The first kappa shape index (κ1) is 54.2. The van der Waals surface area contributed by atoms with Gasteiger partial charge in [-0.1, -0.05) is 71.1 Å². The summed E-state index contributed by atoms with van der Waals surface area (Å²) < 4.78 is 29.4. The molecule has 0 aromatic carbocycles. The number of carbonyl (C=O) groups is 5. The van der Waals surface area contributed by atoms with Crippen LogP contribution in [0.5, 0.6) is 0 Å². The summed E-state index contributed by atoms with van der Waals surface area (Å²) in [4.78, 5) is 71.8. The van der Waals surface area contributed by atoms with Crippen molar-refractivity contribution < 1.29 is 63.0 Å². The minimum atomic E-state index is -2.43. The molecule has 2 bridgehead atoms. The van der Waals surface area contributed by atoms with Crippen molar-refractivity contribution in [2.75, 3.05) is 27.9 Å². The molecule has 14 nitrogen and oxygen atoms in total. The molecule has 0 unspecified atom stereocenters. The maximum absolute atomic E-state index is 14.4. The number of rotatable bonds is 6. The van der Waals surface area contributed by atoms with Crippen LogP contribution >= 0.6 is 0 Å². The van der Waals surface area contributed by atoms with E-state index in [0.717, 1.165) is 12.0 Å². The zero-order valence-corrected chi connectivity index (χ0v) is 40.6. The van der Waals surface area contributed by atoms with Crippen molar-refractivity contribution in [3.63, 3.8) is 0 Å². The van der Waals surface area contributed by atoms with Crippen molar-refractivity contribution in [3.05, 3.63) is 47.6 Å². The van der Waals surface area contributed by atoms with Crippen molar-refractivity contribution in [3.8, 4) is 0 Å². The second-order valence-corrected chi connectivity index (χ2v) is 19.6. The lowest BCUT2D eigenvalue weighted by Gasteiger charge is -2.42. The Morgan fingerprint density at radius 3 is 2.25 bits per heavy atom. The van der Waals surface area contributed by atoms with Crippen LogP contribution < -0.4 is 0 Å². The van der Waals surface area contributed by atoms with Gasteiger partial charge in [0.1, 0.15) is 30.1 Å². The predicted octanol–water partition coefficient (Wildman–Crippen LogP) is 6.18. The monoisotopic (exact) mass is 914 g/mol. The molecule has 15 atom stereocenters. The Morgan fingerprint density at radius 2 is 1.57 bits per heavy atom. The van der Waals surface area contributed by atoms with Crippen LogP contribution in [0.1, 0.15) is 126 Å². The highest BCUT2D eigenvalue weighted by Crippen LogP contribution is 2.38. The number of carbonyl (C=O) groups excluding carboxylic acids is 5. The largest absolute Gasteiger partial charge is 0.460 e. The van der Waals surface area contributed by atoms with E-state index >= 15 is 0 Å². The molecular formula is C51H79NO13. The van der Waals surface area contributed by atoms with Crippen LogP contribution in [-0.4, -0.2) is 132 Å². The van der Waals surface area contributed by atoms with Gasteiger partial charge >= 0.3 is 5.97 Å². The number of amides is 1. The first-order valence-corrected chi connectivity index (χ1v) is 23.9. The molecule has 2 saturated heterocycles. The number of cyclic esters (lactones) is 1. The predicted molar refractivity (Wildman–Crippen MR) is 245 cm³/mol. The highest BCUT2D eigenvalue weighted by Gasteiger charge is 2.53. The Labute approximate surface area is 387 Å². The Morgan fingerprint density at radius 1 is 0.846 bits per heavy atom. The first-order chi connectivity index (χ1) is 30.7. The molecule has 65 heavy (non-hydrogen) atoms. The lowest BCUT2D eigenvalue weighted by molar-refractivity contribution is -0.265. The van der Waals surface area contributed by atoms with E-state index in [2.05, 4.69) is 0 Å². The number of aliphatic hydroxyl groups excluding tert-OH is 2. The third kappa shape index (κ3) is 14.3. The van der Waals surface area contributed by atoms with E-state index in [1.807, 2.05) is 58.1 Å². The second-order valence-electron chi connectivity index (χ2n) is 19.6. The topological polar surface area (TPSA) is 195 Å². The summed E-state index contributed by atoms with van der Waals surface area (Å²) in [7, 11) is 4.52. The summed E-state index contributed by atoms with van der Waals surface area (Å²) in [5.74, 6) is -7.96. The van der Waals surface area contributed by atoms with Crippen LogP contribution in [0.4, 0.5) is 0 Å². The molecule has 0 spiro atoms. The molecular weight excluding hydrogens is 835 g/mol. The minimum Gasteiger partial charge on any atom is -0.460 e. The van der Waals surface area contributed by atoms with Crippen LogP contribution in [0.3, 0.4) is 0 Å². The van der Waals surface area contributed by atoms with Crippen molar-refractivity contribution >= 4 is 29.2 Å². The third-order valence-corrected chi connectivity index (χ3v) is 14.5. The number of hydrogen-bond acceptors (Lipinski definition) is 13. The number of methoxy groups -OCH3 is 3. The molecule has 3 fully saturated rings. The number of fused-ring (bicyclic) bond motifs is 3. The number of hydrogen-bond donors (Lipinski definition) is 3. The zero-order chi connectivity index (χ0) is 48.2. The number of ether oxygens (including phenoxy) is 5. The van der Waals surface area contributed by atoms with Gasteiger partial charge in [0, 0.05) is 58.5 Å². The molecule has 1 amide bonds. The number of nitrogens with zero attached hydrogens (tertiary/aromatic N) is 1. The molecule has 1 aliphatic carbocycles. The fourth-order valence-electron chi connectivity index (χ4n) is 10.1. The van der Waals surface area contributed by atoms with Gasteiger partial charge in [0.05, 0.1) is 24.4 Å². The molecule has 14 heteroatoms. The van der Waals surface area contributed by atoms with Crippen LogP contribution in [0.25, 0.3) is 0 Å². The summed E-state index contributed by atoms with van der Waals surface area (Å²) in [6.45, 7) is 12.7. The highest BCUT2D eigenvalue weighted by molar-refractivity contribution is 6.39. The van der Waals surface area contributed by atoms with Crippen LogP contribution in [0, 0.1) is 35.5 Å². The maximum Gasteiger partial charge on any atom is 0.329 e. The van der Waals surface area contributed by atoms with E-state index in [9.17, 15) is 39.3 Å². The van der Waals surface area contributed by atoms with Gasteiger partial charge < -0.3 is 43.9 Å². The molecule has 4 aliphatic rings. The van der Waals surface area contributed by atoms with E-state index in [4.69, 9.17) is 23.7 Å². The van der Waals surface area contributed by atoms with Gasteiger partial charge in [-0.3, -0.25) is 19.2 Å². The van der Waals surface area contributed by atoms with Gasteiger partial charge in [0.25, 0.3) is 11.7 Å². The van der Waals surface area contributed by atoms with Crippen molar-refractivity contribution in [2.24, 2.45) is 35.5 Å². The summed E-state index contributed by atoms with van der Waals surface area (Å²) in [6, 6.07) is -1.14. The molecule has 3 aliphatic heterocycles. The van der Waals surface area contributed by atoms with Crippen LogP contribution in [0.15, 0.2) is 47.6 Å². The normalized spacial score (nSPS) is 40.4. The lowest BCUT2D eigenvalue weighted by Crippen LogP contribution is -2.61. The van der Waals surface area contributed by atoms with Gasteiger partial charge in [-0.25, -0.2) is 4.79 Å².